The van der Waals surface area contributed by atoms with Crippen molar-refractivity contribution in [2.75, 3.05) is 19.6 Å². The Hall–Kier alpha value is -3.20. The van der Waals surface area contributed by atoms with E-state index in [2.05, 4.69) is 30.2 Å². The lowest BCUT2D eigenvalue weighted by Crippen LogP contribution is -2.55. The highest BCUT2D eigenvalue weighted by atomic mass is 32.1. The molecule has 0 saturated carbocycles. The van der Waals surface area contributed by atoms with Crippen molar-refractivity contribution in [2.45, 2.75) is 38.1 Å². The lowest BCUT2D eigenvalue weighted by atomic mass is 9.85. The number of fused-ring (bicyclic) bond motifs is 1. The van der Waals surface area contributed by atoms with Crippen molar-refractivity contribution in [3.05, 3.63) is 52.7 Å². The molecular weight excluding hydrogens is 426 g/mol. The maximum atomic E-state index is 13.5. The predicted molar refractivity (Wildman–Crippen MR) is 122 cm³/mol. The molecule has 8 nitrogen and oxygen atoms in total. The van der Waals surface area contributed by atoms with Crippen LogP contribution in [0.5, 0.6) is 0 Å². The standard InChI is InChI=1S/C23H25N5O3S/c1-15-3-4-16-14-19(32-18(16)13-15)21(30)27-9-2-6-23(27)7-11-26(12-8-23)22(31)28-10-5-17(25-28)20(24)29/h3-5,10,13-14H,2,6-9,11-12H2,1H3,(H2,24,29). The molecule has 2 N–H and O–H groups in total. The number of thiophene rings is 1. The summed E-state index contributed by atoms with van der Waals surface area (Å²) in [7, 11) is 0. The van der Waals surface area contributed by atoms with E-state index in [0.717, 1.165) is 51.9 Å². The normalized spacial score (nSPS) is 17.9. The molecule has 0 radical (unpaired) electrons. The number of nitrogens with two attached hydrogens (primary N) is 1. The second kappa shape index (κ2) is 7.74. The summed E-state index contributed by atoms with van der Waals surface area (Å²) in [4.78, 5) is 42.1. The number of carbonyl (C=O) groups is 3. The number of primary amides is 1. The topological polar surface area (TPSA) is 102 Å². The van der Waals surface area contributed by atoms with E-state index >= 15 is 0 Å². The molecule has 2 fully saturated rings. The predicted octanol–water partition coefficient (Wildman–Crippen LogP) is 3.24. The number of amides is 3. The van der Waals surface area contributed by atoms with Crippen LogP contribution >= 0.6 is 11.3 Å². The molecule has 0 bridgehead atoms. The zero-order valence-electron chi connectivity index (χ0n) is 17.9. The monoisotopic (exact) mass is 451 g/mol. The first-order chi connectivity index (χ1) is 15.4. The minimum absolute atomic E-state index is 0.0675. The van der Waals surface area contributed by atoms with Gasteiger partial charge in [-0.05, 0) is 61.8 Å². The number of carbonyl (C=O) groups excluding carboxylic acids is 3. The number of rotatable bonds is 2. The fourth-order valence-electron chi connectivity index (χ4n) is 4.97. The maximum Gasteiger partial charge on any atom is 0.344 e. The van der Waals surface area contributed by atoms with Crippen LogP contribution in [0.2, 0.25) is 0 Å². The quantitative estimate of drug-likeness (QED) is 0.646. The van der Waals surface area contributed by atoms with Crippen molar-refractivity contribution in [1.82, 2.24) is 19.6 Å². The summed E-state index contributed by atoms with van der Waals surface area (Å²) in [6.45, 7) is 3.89. The zero-order chi connectivity index (χ0) is 22.5. The number of nitrogens with zero attached hydrogens (tertiary/aromatic N) is 4. The number of aryl methyl sites for hydroxylation is 1. The fraction of sp³-hybridized carbons (Fsp3) is 0.391. The van der Waals surface area contributed by atoms with Gasteiger partial charge in [-0.2, -0.15) is 9.78 Å². The molecule has 32 heavy (non-hydrogen) atoms. The van der Waals surface area contributed by atoms with Crippen LogP contribution in [0.3, 0.4) is 0 Å². The highest BCUT2D eigenvalue weighted by Crippen LogP contribution is 2.40. The highest BCUT2D eigenvalue weighted by Gasteiger charge is 2.46. The third kappa shape index (κ3) is 3.46. The largest absolute Gasteiger partial charge is 0.364 e. The maximum absolute atomic E-state index is 13.5. The molecular formula is C23H25N5O3S. The van der Waals surface area contributed by atoms with Gasteiger partial charge >= 0.3 is 6.03 Å². The minimum Gasteiger partial charge on any atom is -0.364 e. The molecule has 166 valence electrons. The van der Waals surface area contributed by atoms with E-state index in [1.807, 2.05) is 11.0 Å². The Morgan fingerprint density at radius 1 is 1.06 bits per heavy atom. The molecule has 0 atom stereocenters. The summed E-state index contributed by atoms with van der Waals surface area (Å²) in [5.41, 5.74) is 6.28. The Labute approximate surface area is 189 Å². The summed E-state index contributed by atoms with van der Waals surface area (Å²) >= 11 is 1.56. The minimum atomic E-state index is -0.661. The SMILES string of the molecule is Cc1ccc2cc(C(=O)N3CCCC34CCN(C(=O)n3ccc(C(N)=O)n3)CC4)sc2c1. The van der Waals surface area contributed by atoms with Crippen LogP contribution in [0.25, 0.3) is 10.1 Å². The molecule has 2 aromatic heterocycles. The Bertz CT molecular complexity index is 1220. The van der Waals surface area contributed by atoms with Gasteiger partial charge in [-0.15, -0.1) is 11.3 Å². The van der Waals surface area contributed by atoms with Crippen LogP contribution in [0, 0.1) is 6.92 Å². The van der Waals surface area contributed by atoms with Gasteiger partial charge in [0.05, 0.1) is 4.88 Å². The summed E-state index contributed by atoms with van der Waals surface area (Å²) in [5.74, 6) is -0.565. The first-order valence-corrected chi connectivity index (χ1v) is 11.6. The third-order valence-corrected chi connectivity index (χ3v) is 7.82. The van der Waals surface area contributed by atoms with E-state index in [4.69, 9.17) is 5.73 Å². The van der Waals surface area contributed by atoms with Crippen molar-refractivity contribution < 1.29 is 14.4 Å². The van der Waals surface area contributed by atoms with Crippen LogP contribution in [-0.2, 0) is 0 Å². The Balaban J connectivity index is 1.31. The number of aromatic nitrogens is 2. The van der Waals surface area contributed by atoms with E-state index in [9.17, 15) is 14.4 Å². The molecule has 4 heterocycles. The third-order valence-electron chi connectivity index (χ3n) is 6.73. The van der Waals surface area contributed by atoms with Gasteiger partial charge in [0.1, 0.15) is 0 Å². The van der Waals surface area contributed by atoms with Crippen LogP contribution in [-0.4, -0.2) is 62.6 Å². The molecule has 0 unspecified atom stereocenters. The molecule has 1 aromatic carbocycles. The van der Waals surface area contributed by atoms with Crippen molar-refractivity contribution in [3.63, 3.8) is 0 Å². The van der Waals surface area contributed by atoms with Gasteiger partial charge in [-0.3, -0.25) is 9.59 Å². The molecule has 3 aromatic rings. The first-order valence-electron chi connectivity index (χ1n) is 10.8. The smallest absolute Gasteiger partial charge is 0.344 e. The summed E-state index contributed by atoms with van der Waals surface area (Å²) < 4.78 is 2.30. The van der Waals surface area contributed by atoms with Crippen molar-refractivity contribution in [3.8, 4) is 0 Å². The van der Waals surface area contributed by atoms with E-state index in [-0.39, 0.29) is 23.2 Å². The van der Waals surface area contributed by atoms with Crippen LogP contribution in [0.1, 0.15) is 51.4 Å². The number of likely N-dealkylation sites (tertiary alicyclic amines) is 2. The average Bonchev–Trinajstić information content (AvgIpc) is 3.51. The summed E-state index contributed by atoms with van der Waals surface area (Å²) in [6, 6.07) is 9.43. The molecule has 1 spiro atoms. The molecule has 9 heteroatoms. The molecule has 5 rings (SSSR count). The number of benzene rings is 1. The first kappa shape index (κ1) is 20.7. The Morgan fingerprint density at radius 3 is 2.56 bits per heavy atom. The van der Waals surface area contributed by atoms with Gasteiger partial charge in [-0.25, -0.2) is 4.79 Å². The van der Waals surface area contributed by atoms with E-state index < -0.39 is 5.91 Å². The van der Waals surface area contributed by atoms with Crippen molar-refractivity contribution in [2.24, 2.45) is 5.73 Å². The van der Waals surface area contributed by atoms with Gasteiger partial charge in [0.25, 0.3) is 11.8 Å². The van der Waals surface area contributed by atoms with Crippen molar-refractivity contribution in [1.29, 1.82) is 0 Å². The molecule has 2 saturated heterocycles. The zero-order valence-corrected chi connectivity index (χ0v) is 18.7. The van der Waals surface area contributed by atoms with Gasteiger partial charge in [-0.1, -0.05) is 12.1 Å². The van der Waals surface area contributed by atoms with Crippen molar-refractivity contribution >= 4 is 39.3 Å². The van der Waals surface area contributed by atoms with Gasteiger partial charge in [0, 0.05) is 36.1 Å². The van der Waals surface area contributed by atoms with E-state index in [1.165, 1.54) is 17.8 Å². The molecule has 2 aliphatic heterocycles. The van der Waals surface area contributed by atoms with E-state index in [0.29, 0.717) is 13.1 Å². The lowest BCUT2D eigenvalue weighted by molar-refractivity contribution is 0.0425. The molecule has 3 amide bonds. The highest BCUT2D eigenvalue weighted by molar-refractivity contribution is 7.20. The van der Waals surface area contributed by atoms with Crippen LogP contribution in [0.15, 0.2) is 36.5 Å². The Morgan fingerprint density at radius 2 is 1.84 bits per heavy atom. The van der Waals surface area contributed by atoms with Gasteiger partial charge in [0.2, 0.25) is 0 Å². The summed E-state index contributed by atoms with van der Waals surface area (Å²) in [6.07, 6.45) is 4.86. The lowest BCUT2D eigenvalue weighted by Gasteiger charge is -2.44. The fourth-order valence-corrected chi connectivity index (χ4v) is 6.08. The summed E-state index contributed by atoms with van der Waals surface area (Å²) in [5, 5.41) is 5.08. The average molecular weight is 452 g/mol. The molecule has 0 aliphatic carbocycles. The Kier molecular flexibility index (Phi) is 5.00. The second-order valence-corrected chi connectivity index (χ2v) is 9.80. The van der Waals surface area contributed by atoms with Crippen LogP contribution < -0.4 is 5.73 Å². The van der Waals surface area contributed by atoms with E-state index in [1.54, 1.807) is 16.2 Å². The molecule has 2 aliphatic rings. The second-order valence-electron chi connectivity index (χ2n) is 8.72. The van der Waals surface area contributed by atoms with Crippen LogP contribution in [0.4, 0.5) is 4.79 Å². The number of hydrogen-bond donors (Lipinski definition) is 1. The number of piperidine rings is 1. The number of hydrogen-bond acceptors (Lipinski definition) is 5. The van der Waals surface area contributed by atoms with Gasteiger partial charge in [0.15, 0.2) is 5.69 Å². The van der Waals surface area contributed by atoms with Gasteiger partial charge < -0.3 is 15.5 Å².